The van der Waals surface area contributed by atoms with Crippen molar-refractivity contribution in [2.24, 2.45) is 16.6 Å². The van der Waals surface area contributed by atoms with Crippen molar-refractivity contribution in [2.45, 2.75) is 104 Å². The van der Waals surface area contributed by atoms with Gasteiger partial charge in [0.15, 0.2) is 0 Å². The first kappa shape index (κ1) is 24.7. The van der Waals surface area contributed by atoms with Gasteiger partial charge in [0.05, 0.1) is 0 Å². The summed E-state index contributed by atoms with van der Waals surface area (Å²) in [5, 5.41) is 3.01. The van der Waals surface area contributed by atoms with Gasteiger partial charge < -0.3 is 15.8 Å². The van der Waals surface area contributed by atoms with Crippen molar-refractivity contribution >= 4 is 6.09 Å². The van der Waals surface area contributed by atoms with E-state index >= 15 is 0 Å². The van der Waals surface area contributed by atoms with E-state index < -0.39 is 0 Å². The number of ether oxygens (including phenoxy) is 1. The Morgan fingerprint density at radius 2 is 1.73 bits per heavy atom. The van der Waals surface area contributed by atoms with Gasteiger partial charge in [-0.2, -0.15) is 0 Å². The number of para-hydroxylation sites is 1. The predicted octanol–water partition coefficient (Wildman–Crippen LogP) is 6.61. The molecule has 2 unspecified atom stereocenters. The molecule has 1 saturated carbocycles. The zero-order chi connectivity index (χ0) is 22.0. The number of hydrogen-bond acceptors (Lipinski definition) is 3. The molecule has 3 N–H and O–H groups in total. The van der Waals surface area contributed by atoms with Crippen LogP contribution in [0.2, 0.25) is 0 Å². The third-order valence-corrected chi connectivity index (χ3v) is 6.36. The zero-order valence-electron chi connectivity index (χ0n) is 19.8. The zero-order valence-corrected chi connectivity index (χ0v) is 19.8. The Morgan fingerprint density at radius 1 is 1.07 bits per heavy atom. The third-order valence-electron chi connectivity index (χ3n) is 6.36. The monoisotopic (exact) mass is 416 g/mol. The summed E-state index contributed by atoms with van der Waals surface area (Å²) in [4.78, 5) is 12.5. The molecule has 2 rings (SSSR count). The average molecular weight is 417 g/mol. The van der Waals surface area contributed by atoms with E-state index in [2.05, 4.69) is 39.1 Å². The number of amides is 1. The fraction of sp³-hybridized carbons (Fsp3) is 0.731. The molecule has 170 valence electrons. The van der Waals surface area contributed by atoms with Crippen molar-refractivity contribution < 1.29 is 9.53 Å². The molecule has 1 aliphatic carbocycles. The van der Waals surface area contributed by atoms with Crippen LogP contribution in [0, 0.1) is 10.8 Å². The van der Waals surface area contributed by atoms with Crippen molar-refractivity contribution in [1.82, 2.24) is 5.32 Å². The molecule has 0 saturated heterocycles. The van der Waals surface area contributed by atoms with E-state index in [1.807, 2.05) is 18.2 Å². The molecular formula is C26H44N2O2. The van der Waals surface area contributed by atoms with Crippen LogP contribution in [0.25, 0.3) is 0 Å². The number of carbonyl (C=O) groups is 1. The second-order valence-corrected chi connectivity index (χ2v) is 10.5. The lowest BCUT2D eigenvalue weighted by Gasteiger charge is -2.45. The van der Waals surface area contributed by atoms with E-state index in [1.165, 1.54) is 38.5 Å². The lowest BCUT2D eigenvalue weighted by atomic mass is 9.63. The first-order valence-electron chi connectivity index (χ1n) is 12.0. The van der Waals surface area contributed by atoms with Gasteiger partial charge in [0.1, 0.15) is 5.75 Å². The molecule has 1 aromatic carbocycles. The van der Waals surface area contributed by atoms with Gasteiger partial charge in [-0.1, -0.05) is 84.4 Å². The number of nitrogens with one attached hydrogen (secondary N) is 1. The molecule has 1 amide bonds. The predicted molar refractivity (Wildman–Crippen MR) is 126 cm³/mol. The van der Waals surface area contributed by atoms with Gasteiger partial charge in [-0.25, -0.2) is 4.79 Å². The summed E-state index contributed by atoms with van der Waals surface area (Å²) < 4.78 is 5.69. The maximum absolute atomic E-state index is 12.5. The van der Waals surface area contributed by atoms with Crippen LogP contribution >= 0.6 is 0 Å². The van der Waals surface area contributed by atoms with Gasteiger partial charge in [-0.3, -0.25) is 0 Å². The van der Waals surface area contributed by atoms with Crippen LogP contribution in [0.3, 0.4) is 0 Å². The number of carbonyl (C=O) groups excluding carboxylic acids is 1. The number of aryl methyl sites for hydroxylation is 1. The minimum atomic E-state index is -0.361. The summed E-state index contributed by atoms with van der Waals surface area (Å²) in [6.07, 6.45) is 12.6. The van der Waals surface area contributed by atoms with Crippen molar-refractivity contribution in [2.75, 3.05) is 6.54 Å². The van der Waals surface area contributed by atoms with E-state index in [0.29, 0.717) is 12.3 Å². The summed E-state index contributed by atoms with van der Waals surface area (Å²) in [7, 11) is 0. The highest BCUT2D eigenvalue weighted by molar-refractivity contribution is 5.70. The van der Waals surface area contributed by atoms with E-state index in [9.17, 15) is 4.79 Å². The normalized spacial score (nSPS) is 23.2. The number of nitrogens with two attached hydrogens (primary N) is 1. The van der Waals surface area contributed by atoms with Gasteiger partial charge in [-0.05, 0) is 54.6 Å². The number of hydrogen-bond donors (Lipinski definition) is 2. The summed E-state index contributed by atoms with van der Waals surface area (Å²) in [5.41, 5.74) is 7.62. The number of rotatable bonds is 11. The van der Waals surface area contributed by atoms with Crippen LogP contribution in [-0.2, 0) is 6.42 Å². The molecule has 0 aliphatic heterocycles. The van der Waals surface area contributed by atoms with E-state index in [4.69, 9.17) is 10.5 Å². The quantitative estimate of drug-likeness (QED) is 0.399. The Kier molecular flexibility index (Phi) is 9.67. The van der Waals surface area contributed by atoms with Gasteiger partial charge >= 0.3 is 6.09 Å². The molecule has 0 aromatic heterocycles. The number of unbranched alkanes of at least 4 members (excludes halogenated alkanes) is 6. The number of benzene rings is 1. The molecule has 0 spiro atoms. The first-order valence-corrected chi connectivity index (χ1v) is 12.0. The van der Waals surface area contributed by atoms with Crippen LogP contribution in [0.15, 0.2) is 24.3 Å². The summed E-state index contributed by atoms with van der Waals surface area (Å²) in [5.74, 6) is 0.687. The Labute approximate surface area is 184 Å². The summed E-state index contributed by atoms with van der Waals surface area (Å²) >= 11 is 0. The maximum Gasteiger partial charge on any atom is 0.412 e. The van der Waals surface area contributed by atoms with Gasteiger partial charge in [-0.15, -0.1) is 0 Å². The average Bonchev–Trinajstić information content (AvgIpc) is 2.65. The van der Waals surface area contributed by atoms with Crippen LogP contribution in [0.4, 0.5) is 4.79 Å². The minimum Gasteiger partial charge on any atom is -0.410 e. The highest BCUT2D eigenvalue weighted by Gasteiger charge is 2.40. The summed E-state index contributed by atoms with van der Waals surface area (Å²) in [6.45, 7) is 9.61. The first-order chi connectivity index (χ1) is 14.2. The SMILES string of the molecule is CCCCCCCCCc1ccccc1OC(=O)NCC1(C)CC(N)CC(C)(C)C1. The molecule has 0 heterocycles. The van der Waals surface area contributed by atoms with Crippen molar-refractivity contribution in [1.29, 1.82) is 0 Å². The topological polar surface area (TPSA) is 64.3 Å². The molecule has 1 aromatic rings. The Morgan fingerprint density at radius 3 is 2.43 bits per heavy atom. The van der Waals surface area contributed by atoms with Crippen LogP contribution in [0.1, 0.15) is 97.5 Å². The maximum atomic E-state index is 12.5. The molecule has 1 fully saturated rings. The standard InChI is InChI=1S/C26H44N2O2/c1-5-6-7-8-9-10-11-14-21-15-12-13-16-23(21)30-24(29)28-20-26(4)18-22(27)17-25(2,3)19-26/h12-13,15-16,22H,5-11,14,17-20,27H2,1-4H3,(H,28,29). The molecule has 2 atom stereocenters. The molecule has 4 heteroatoms. The minimum absolute atomic E-state index is 0.0114. The highest BCUT2D eigenvalue weighted by atomic mass is 16.6. The largest absolute Gasteiger partial charge is 0.412 e. The Hall–Kier alpha value is -1.55. The highest BCUT2D eigenvalue weighted by Crippen LogP contribution is 2.45. The van der Waals surface area contributed by atoms with Crippen molar-refractivity contribution in [3.63, 3.8) is 0 Å². The van der Waals surface area contributed by atoms with Crippen LogP contribution in [0.5, 0.6) is 5.75 Å². The van der Waals surface area contributed by atoms with E-state index in [1.54, 1.807) is 0 Å². The smallest absolute Gasteiger partial charge is 0.410 e. The molecule has 0 radical (unpaired) electrons. The van der Waals surface area contributed by atoms with E-state index in [0.717, 1.165) is 37.7 Å². The van der Waals surface area contributed by atoms with Gasteiger partial charge in [0.2, 0.25) is 0 Å². The fourth-order valence-corrected chi connectivity index (χ4v) is 5.35. The molecular weight excluding hydrogens is 372 g/mol. The van der Waals surface area contributed by atoms with Gasteiger partial charge in [0.25, 0.3) is 0 Å². The summed E-state index contributed by atoms with van der Waals surface area (Å²) in [6, 6.07) is 8.12. The lowest BCUT2D eigenvalue weighted by Crippen LogP contribution is -2.48. The second kappa shape index (κ2) is 11.7. The van der Waals surface area contributed by atoms with E-state index in [-0.39, 0.29) is 23.0 Å². The van der Waals surface area contributed by atoms with Gasteiger partial charge in [0, 0.05) is 12.6 Å². The van der Waals surface area contributed by atoms with Crippen LogP contribution in [-0.4, -0.2) is 18.7 Å². The Bertz CT molecular complexity index is 658. The molecule has 4 nitrogen and oxygen atoms in total. The molecule has 30 heavy (non-hydrogen) atoms. The van der Waals surface area contributed by atoms with Crippen molar-refractivity contribution in [3.8, 4) is 5.75 Å². The lowest BCUT2D eigenvalue weighted by molar-refractivity contribution is 0.0821. The van der Waals surface area contributed by atoms with Crippen LogP contribution < -0.4 is 15.8 Å². The van der Waals surface area contributed by atoms with Crippen molar-refractivity contribution in [3.05, 3.63) is 29.8 Å². The molecule has 1 aliphatic rings. The fourth-order valence-electron chi connectivity index (χ4n) is 5.35. The Balaban J connectivity index is 1.79. The molecule has 0 bridgehead atoms. The second-order valence-electron chi connectivity index (χ2n) is 10.5. The third kappa shape index (κ3) is 8.67.